The smallest absolute Gasteiger partial charge is 0.00638 e. The van der Waals surface area contributed by atoms with Crippen LogP contribution in [0.3, 0.4) is 0 Å². The Morgan fingerprint density at radius 3 is 3.11 bits per heavy atom. The Hall–Kier alpha value is -0.700. The Labute approximate surface area is 57.0 Å². The fourth-order valence-electron chi connectivity index (χ4n) is 0.852. The molecule has 0 bridgehead atoms. The van der Waals surface area contributed by atoms with Crippen LogP contribution in [-0.4, -0.2) is 0 Å². The number of rotatable bonds is 0. The summed E-state index contributed by atoms with van der Waals surface area (Å²) in [6.07, 6.45) is 7.63. The van der Waals surface area contributed by atoms with Crippen molar-refractivity contribution in [2.75, 3.05) is 0 Å². The van der Waals surface area contributed by atoms with E-state index in [4.69, 9.17) is 0 Å². The molecule has 47 valence electrons. The maximum absolute atomic E-state index is 3.11. The summed E-state index contributed by atoms with van der Waals surface area (Å²) in [5.74, 6) is 6.16. The summed E-state index contributed by atoms with van der Waals surface area (Å²) in [5.41, 5.74) is 1.30. The zero-order valence-corrected chi connectivity index (χ0v) is 5.78. The summed E-state index contributed by atoms with van der Waals surface area (Å²) in [6, 6.07) is 0. The van der Waals surface area contributed by atoms with E-state index >= 15 is 0 Å². The molecule has 0 aromatic rings. The van der Waals surface area contributed by atoms with E-state index in [-0.39, 0.29) is 0 Å². The van der Waals surface area contributed by atoms with Crippen molar-refractivity contribution in [2.24, 2.45) is 0 Å². The Balaban J connectivity index is 2.43. The number of hydrogen-bond donors (Lipinski definition) is 0. The van der Waals surface area contributed by atoms with Gasteiger partial charge in [-0.05, 0) is 24.8 Å². The molecular weight excluding hydrogens is 108 g/mol. The molecule has 1 aliphatic rings. The molecule has 0 aromatic heterocycles. The third kappa shape index (κ3) is 1.93. The van der Waals surface area contributed by atoms with E-state index in [2.05, 4.69) is 31.3 Å². The number of allylic oxidation sites excluding steroid dienone is 2. The SMILES string of the molecule is CCC#CC1=CC[CH]C1. The molecule has 0 aromatic carbocycles. The van der Waals surface area contributed by atoms with Gasteiger partial charge in [0.25, 0.3) is 0 Å². The van der Waals surface area contributed by atoms with Crippen LogP contribution in [-0.2, 0) is 0 Å². The van der Waals surface area contributed by atoms with Gasteiger partial charge in [-0.25, -0.2) is 0 Å². The lowest BCUT2D eigenvalue weighted by atomic mass is 10.2. The van der Waals surface area contributed by atoms with Crippen LogP contribution in [0, 0.1) is 18.3 Å². The van der Waals surface area contributed by atoms with Crippen molar-refractivity contribution in [1.29, 1.82) is 0 Å². The van der Waals surface area contributed by atoms with Crippen LogP contribution in [0.1, 0.15) is 26.2 Å². The fraction of sp³-hybridized carbons (Fsp3) is 0.444. The molecule has 0 heterocycles. The summed E-state index contributed by atoms with van der Waals surface area (Å²) in [4.78, 5) is 0. The summed E-state index contributed by atoms with van der Waals surface area (Å²) in [6.45, 7) is 2.08. The summed E-state index contributed by atoms with van der Waals surface area (Å²) >= 11 is 0. The second kappa shape index (κ2) is 3.35. The zero-order valence-electron chi connectivity index (χ0n) is 5.78. The quantitative estimate of drug-likeness (QED) is 0.429. The lowest BCUT2D eigenvalue weighted by Gasteiger charge is -1.82. The maximum Gasteiger partial charge on any atom is 0.00638 e. The second-order valence-corrected chi connectivity index (χ2v) is 2.11. The lowest BCUT2D eigenvalue weighted by molar-refractivity contribution is 1.18. The first-order valence-corrected chi connectivity index (χ1v) is 3.43. The van der Waals surface area contributed by atoms with Gasteiger partial charge in [-0.3, -0.25) is 0 Å². The number of hydrogen-bond acceptors (Lipinski definition) is 0. The summed E-state index contributed by atoms with van der Waals surface area (Å²) in [7, 11) is 0. The largest absolute Gasteiger partial charge is 0.0985 e. The molecule has 9 heavy (non-hydrogen) atoms. The van der Waals surface area contributed by atoms with Gasteiger partial charge < -0.3 is 0 Å². The van der Waals surface area contributed by atoms with E-state index in [1.807, 2.05) is 0 Å². The fourth-order valence-corrected chi connectivity index (χ4v) is 0.852. The van der Waals surface area contributed by atoms with Crippen LogP contribution in [0.15, 0.2) is 11.6 Å². The molecular formula is C9H11. The molecule has 0 saturated carbocycles. The molecule has 0 atom stereocenters. The molecule has 0 N–H and O–H groups in total. The average molecular weight is 119 g/mol. The van der Waals surface area contributed by atoms with Gasteiger partial charge in [-0.1, -0.05) is 24.8 Å². The standard InChI is InChI=1S/C9H11/c1-2-3-6-9-7-4-5-8-9/h4,8H,2,5,7H2,1H3. The van der Waals surface area contributed by atoms with Crippen molar-refractivity contribution < 1.29 is 0 Å². The van der Waals surface area contributed by atoms with Crippen molar-refractivity contribution >= 4 is 0 Å². The van der Waals surface area contributed by atoms with Gasteiger partial charge in [0.05, 0.1) is 0 Å². The van der Waals surface area contributed by atoms with Gasteiger partial charge in [0.2, 0.25) is 0 Å². The third-order valence-electron chi connectivity index (χ3n) is 1.32. The van der Waals surface area contributed by atoms with Crippen molar-refractivity contribution in [3.8, 4) is 11.8 Å². The maximum atomic E-state index is 3.11. The molecule has 1 radical (unpaired) electrons. The van der Waals surface area contributed by atoms with E-state index in [0.717, 1.165) is 19.3 Å². The first-order valence-electron chi connectivity index (χ1n) is 3.43. The second-order valence-electron chi connectivity index (χ2n) is 2.11. The predicted octanol–water partition coefficient (Wildman–Crippen LogP) is 2.32. The molecule has 0 saturated heterocycles. The highest BCUT2D eigenvalue weighted by atomic mass is 14.0. The highest BCUT2D eigenvalue weighted by Crippen LogP contribution is 2.14. The first-order chi connectivity index (χ1) is 4.43. The molecule has 0 heteroatoms. The normalized spacial score (nSPS) is 16.3. The van der Waals surface area contributed by atoms with Crippen molar-refractivity contribution in [1.82, 2.24) is 0 Å². The first kappa shape index (κ1) is 6.42. The summed E-state index contributed by atoms with van der Waals surface area (Å²) < 4.78 is 0. The van der Waals surface area contributed by atoms with E-state index < -0.39 is 0 Å². The monoisotopic (exact) mass is 119 g/mol. The highest BCUT2D eigenvalue weighted by molar-refractivity contribution is 5.33. The highest BCUT2D eigenvalue weighted by Gasteiger charge is 1.99. The van der Waals surface area contributed by atoms with Crippen LogP contribution in [0.5, 0.6) is 0 Å². The van der Waals surface area contributed by atoms with Crippen LogP contribution in [0.4, 0.5) is 0 Å². The Bertz CT molecular complexity index is 164. The van der Waals surface area contributed by atoms with Gasteiger partial charge in [0.15, 0.2) is 0 Å². The van der Waals surface area contributed by atoms with Crippen LogP contribution >= 0.6 is 0 Å². The topological polar surface area (TPSA) is 0 Å². The molecule has 0 amide bonds. The third-order valence-corrected chi connectivity index (χ3v) is 1.32. The van der Waals surface area contributed by atoms with Crippen LogP contribution in [0.2, 0.25) is 0 Å². The molecule has 0 nitrogen and oxygen atoms in total. The van der Waals surface area contributed by atoms with Crippen molar-refractivity contribution in [3.63, 3.8) is 0 Å². The van der Waals surface area contributed by atoms with E-state index in [1.54, 1.807) is 0 Å². The van der Waals surface area contributed by atoms with Gasteiger partial charge in [0.1, 0.15) is 0 Å². The molecule has 0 unspecified atom stereocenters. The Kier molecular flexibility index (Phi) is 2.39. The Morgan fingerprint density at radius 1 is 1.67 bits per heavy atom. The van der Waals surface area contributed by atoms with Gasteiger partial charge in [-0.15, -0.1) is 0 Å². The minimum atomic E-state index is 0.970. The van der Waals surface area contributed by atoms with Gasteiger partial charge in [-0.2, -0.15) is 0 Å². The zero-order chi connectivity index (χ0) is 6.53. The molecule has 0 fully saturated rings. The lowest BCUT2D eigenvalue weighted by Crippen LogP contribution is -1.68. The molecule has 0 spiro atoms. The van der Waals surface area contributed by atoms with Crippen molar-refractivity contribution in [2.45, 2.75) is 26.2 Å². The minimum Gasteiger partial charge on any atom is -0.0985 e. The summed E-state index contributed by atoms with van der Waals surface area (Å²) in [5, 5.41) is 0. The molecule has 0 aliphatic heterocycles. The van der Waals surface area contributed by atoms with Crippen LogP contribution < -0.4 is 0 Å². The van der Waals surface area contributed by atoms with Crippen molar-refractivity contribution in [3.05, 3.63) is 18.1 Å². The van der Waals surface area contributed by atoms with Crippen LogP contribution in [0.25, 0.3) is 0 Å². The molecule has 1 aliphatic carbocycles. The molecule has 1 rings (SSSR count). The van der Waals surface area contributed by atoms with E-state index in [9.17, 15) is 0 Å². The predicted molar refractivity (Wildman–Crippen MR) is 39.7 cm³/mol. The van der Waals surface area contributed by atoms with E-state index in [1.165, 1.54) is 5.57 Å². The average Bonchev–Trinajstić information content (AvgIpc) is 2.34. The minimum absolute atomic E-state index is 0.970. The Morgan fingerprint density at radius 2 is 2.56 bits per heavy atom. The van der Waals surface area contributed by atoms with Gasteiger partial charge >= 0.3 is 0 Å². The van der Waals surface area contributed by atoms with E-state index in [0.29, 0.717) is 0 Å². The van der Waals surface area contributed by atoms with Gasteiger partial charge in [0, 0.05) is 6.42 Å².